The number of unbranched alkanes of at least 4 members (excludes halogenated alkanes) is 3. The molecule has 1 unspecified atom stereocenters. The van der Waals surface area contributed by atoms with Gasteiger partial charge in [-0.2, -0.15) is 8.42 Å². The predicted octanol–water partition coefficient (Wildman–Crippen LogP) is 4.06. The average molecular weight is 284 g/mol. The summed E-state index contributed by atoms with van der Waals surface area (Å²) in [7, 11) is -3.62. The van der Waals surface area contributed by atoms with Crippen LogP contribution >= 0.6 is 0 Å². The number of hydrogen-bond acceptors (Lipinski definition) is 3. The van der Waals surface area contributed by atoms with Gasteiger partial charge in [0.05, 0.1) is 11.0 Å². The van der Waals surface area contributed by atoms with E-state index in [2.05, 4.69) is 6.92 Å². The van der Waals surface area contributed by atoms with E-state index in [4.69, 9.17) is 4.18 Å². The molecule has 0 saturated heterocycles. The lowest BCUT2D eigenvalue weighted by Crippen LogP contribution is -2.15. The lowest BCUT2D eigenvalue weighted by molar-refractivity contribution is 0.213. The van der Waals surface area contributed by atoms with Gasteiger partial charge in [-0.15, -0.1) is 0 Å². The van der Waals surface area contributed by atoms with E-state index >= 15 is 0 Å². The summed E-state index contributed by atoms with van der Waals surface area (Å²) in [6.07, 6.45) is 5.04. The molecular weight excluding hydrogens is 260 g/mol. The van der Waals surface area contributed by atoms with E-state index < -0.39 is 10.1 Å². The van der Waals surface area contributed by atoms with E-state index in [9.17, 15) is 8.42 Å². The molecule has 0 bridgehead atoms. The maximum Gasteiger partial charge on any atom is 0.297 e. The second kappa shape index (κ2) is 7.65. The van der Waals surface area contributed by atoms with Gasteiger partial charge in [0.2, 0.25) is 0 Å². The van der Waals surface area contributed by atoms with E-state index in [-0.39, 0.29) is 11.0 Å². The second-order valence-corrected chi connectivity index (χ2v) is 6.60. The minimum atomic E-state index is -3.62. The average Bonchev–Trinajstić information content (AvgIpc) is 2.34. The van der Waals surface area contributed by atoms with Gasteiger partial charge in [0, 0.05) is 0 Å². The van der Waals surface area contributed by atoms with Crippen LogP contribution < -0.4 is 0 Å². The molecule has 0 aromatic heterocycles. The highest BCUT2D eigenvalue weighted by atomic mass is 32.2. The molecule has 0 amide bonds. The highest BCUT2D eigenvalue weighted by Gasteiger charge is 2.18. The minimum absolute atomic E-state index is 0.235. The van der Waals surface area contributed by atoms with Gasteiger partial charge in [0.25, 0.3) is 10.1 Å². The topological polar surface area (TPSA) is 43.4 Å². The summed E-state index contributed by atoms with van der Waals surface area (Å²) in [6.45, 7) is 5.90. The van der Waals surface area contributed by atoms with Crippen molar-refractivity contribution in [3.05, 3.63) is 29.8 Å². The van der Waals surface area contributed by atoms with Crippen LogP contribution in [0.1, 0.15) is 51.5 Å². The molecule has 0 spiro atoms. The van der Waals surface area contributed by atoms with Crippen LogP contribution in [-0.2, 0) is 14.3 Å². The maximum absolute atomic E-state index is 12.0. The first-order valence-corrected chi connectivity index (χ1v) is 8.36. The quantitative estimate of drug-likeness (QED) is 0.534. The summed E-state index contributed by atoms with van der Waals surface area (Å²) in [4.78, 5) is 0.235. The Morgan fingerprint density at radius 2 is 1.74 bits per heavy atom. The normalized spacial score (nSPS) is 13.4. The van der Waals surface area contributed by atoms with Gasteiger partial charge in [-0.1, -0.05) is 50.3 Å². The van der Waals surface area contributed by atoms with Gasteiger partial charge >= 0.3 is 0 Å². The lowest BCUT2D eigenvalue weighted by atomic mass is 10.1. The van der Waals surface area contributed by atoms with E-state index in [1.165, 1.54) is 12.8 Å². The smallest absolute Gasteiger partial charge is 0.263 e. The van der Waals surface area contributed by atoms with Crippen molar-refractivity contribution in [1.82, 2.24) is 0 Å². The molecule has 0 fully saturated rings. The van der Waals surface area contributed by atoms with Gasteiger partial charge in [-0.05, 0) is 32.4 Å². The van der Waals surface area contributed by atoms with Crippen molar-refractivity contribution in [1.29, 1.82) is 0 Å². The molecule has 0 heterocycles. The molecule has 1 atom stereocenters. The molecule has 0 saturated carbocycles. The van der Waals surface area contributed by atoms with E-state index in [1.54, 1.807) is 24.3 Å². The summed E-state index contributed by atoms with van der Waals surface area (Å²) in [5.74, 6) is 0. The lowest BCUT2D eigenvalue weighted by Gasteiger charge is -2.13. The fraction of sp³-hybridized carbons (Fsp3) is 0.600. The van der Waals surface area contributed by atoms with Crippen molar-refractivity contribution >= 4 is 10.1 Å². The first-order valence-electron chi connectivity index (χ1n) is 6.95. The van der Waals surface area contributed by atoms with Crippen LogP contribution in [0, 0.1) is 6.92 Å². The molecular formula is C15H24O3S. The number of hydrogen-bond donors (Lipinski definition) is 0. The maximum atomic E-state index is 12.0. The molecule has 1 rings (SSSR count). The number of benzene rings is 1. The fourth-order valence-corrected chi connectivity index (χ4v) is 2.99. The highest BCUT2D eigenvalue weighted by Crippen LogP contribution is 2.17. The Morgan fingerprint density at radius 1 is 1.11 bits per heavy atom. The Morgan fingerprint density at radius 3 is 2.32 bits per heavy atom. The van der Waals surface area contributed by atoms with Crippen molar-refractivity contribution < 1.29 is 12.6 Å². The van der Waals surface area contributed by atoms with Crippen LogP contribution in [0.25, 0.3) is 0 Å². The van der Waals surface area contributed by atoms with Gasteiger partial charge in [0.1, 0.15) is 0 Å². The number of rotatable bonds is 8. The molecule has 19 heavy (non-hydrogen) atoms. The van der Waals surface area contributed by atoms with E-state index in [1.807, 2.05) is 13.8 Å². The zero-order chi connectivity index (χ0) is 14.3. The van der Waals surface area contributed by atoms with Crippen molar-refractivity contribution in [2.75, 3.05) is 0 Å². The summed E-state index contributed by atoms with van der Waals surface area (Å²) in [5, 5.41) is 0. The molecule has 0 aliphatic carbocycles. The first kappa shape index (κ1) is 16.2. The summed E-state index contributed by atoms with van der Waals surface area (Å²) in [6, 6.07) is 6.74. The highest BCUT2D eigenvalue weighted by molar-refractivity contribution is 7.86. The predicted molar refractivity (Wildman–Crippen MR) is 77.7 cm³/mol. The zero-order valence-corrected chi connectivity index (χ0v) is 12.9. The van der Waals surface area contributed by atoms with Gasteiger partial charge in [-0.25, -0.2) is 0 Å². The van der Waals surface area contributed by atoms with Crippen molar-refractivity contribution in [2.24, 2.45) is 0 Å². The van der Waals surface area contributed by atoms with Crippen LogP contribution in [0.5, 0.6) is 0 Å². The van der Waals surface area contributed by atoms with Crippen LogP contribution in [-0.4, -0.2) is 14.5 Å². The summed E-state index contributed by atoms with van der Waals surface area (Å²) < 4.78 is 29.3. The zero-order valence-electron chi connectivity index (χ0n) is 12.1. The minimum Gasteiger partial charge on any atom is -0.263 e. The van der Waals surface area contributed by atoms with Crippen LogP contribution in [0.3, 0.4) is 0 Å². The first-order chi connectivity index (χ1) is 8.95. The SMILES string of the molecule is CCCCCCC(C)OS(=O)(=O)c1ccc(C)cc1. The molecule has 108 valence electrons. The molecule has 4 heteroatoms. The third kappa shape index (κ3) is 5.74. The van der Waals surface area contributed by atoms with Crippen molar-refractivity contribution in [3.63, 3.8) is 0 Å². The van der Waals surface area contributed by atoms with Gasteiger partial charge in [0.15, 0.2) is 0 Å². The van der Waals surface area contributed by atoms with Crippen LogP contribution in [0.2, 0.25) is 0 Å². The summed E-state index contributed by atoms with van der Waals surface area (Å²) in [5.41, 5.74) is 1.03. The molecule has 0 radical (unpaired) electrons. The summed E-state index contributed by atoms with van der Waals surface area (Å²) >= 11 is 0. The Balaban J connectivity index is 2.52. The Bertz CT molecular complexity index is 463. The molecule has 1 aromatic rings. The van der Waals surface area contributed by atoms with Gasteiger partial charge in [-0.3, -0.25) is 4.18 Å². The van der Waals surface area contributed by atoms with Crippen LogP contribution in [0.15, 0.2) is 29.2 Å². The Kier molecular flexibility index (Phi) is 6.52. The molecule has 0 aliphatic rings. The molecule has 3 nitrogen and oxygen atoms in total. The molecule has 0 aliphatic heterocycles. The second-order valence-electron chi connectivity index (χ2n) is 5.02. The Labute approximate surface area is 117 Å². The monoisotopic (exact) mass is 284 g/mol. The van der Waals surface area contributed by atoms with E-state index in [0.717, 1.165) is 24.8 Å². The third-order valence-electron chi connectivity index (χ3n) is 3.06. The third-order valence-corrected chi connectivity index (χ3v) is 4.50. The number of aryl methyl sites for hydroxylation is 1. The van der Waals surface area contributed by atoms with E-state index in [0.29, 0.717) is 0 Å². The molecule has 1 aromatic carbocycles. The van der Waals surface area contributed by atoms with Crippen molar-refractivity contribution in [2.45, 2.75) is 63.9 Å². The molecule has 0 N–H and O–H groups in total. The Hall–Kier alpha value is -0.870. The van der Waals surface area contributed by atoms with Crippen LogP contribution in [0.4, 0.5) is 0 Å². The standard InChI is InChI=1S/C15H24O3S/c1-4-5-6-7-8-14(3)18-19(16,17)15-11-9-13(2)10-12-15/h9-12,14H,4-8H2,1-3H3. The largest absolute Gasteiger partial charge is 0.297 e. The van der Waals surface area contributed by atoms with Crippen molar-refractivity contribution in [3.8, 4) is 0 Å². The van der Waals surface area contributed by atoms with Gasteiger partial charge < -0.3 is 0 Å². The fourth-order valence-electron chi connectivity index (χ4n) is 1.88.